The van der Waals surface area contributed by atoms with Crippen LogP contribution in [0.3, 0.4) is 0 Å². The molecule has 0 atom stereocenters. The molecule has 0 aliphatic carbocycles. The topological polar surface area (TPSA) is 38.3 Å². The van der Waals surface area contributed by atoms with Crippen molar-refractivity contribution in [1.82, 2.24) is 5.32 Å². The molecule has 2 aromatic carbocycles. The first-order valence-electron chi connectivity index (χ1n) is 8.25. The minimum absolute atomic E-state index is 0.101. The lowest BCUT2D eigenvalue weighted by atomic mass is 10.1. The van der Waals surface area contributed by atoms with Crippen molar-refractivity contribution in [1.29, 1.82) is 0 Å². The Morgan fingerprint density at radius 2 is 1.88 bits per heavy atom. The third-order valence-electron chi connectivity index (χ3n) is 3.61. The number of ether oxygens (including phenoxy) is 1. The van der Waals surface area contributed by atoms with Gasteiger partial charge in [0.1, 0.15) is 0 Å². The molecule has 0 heterocycles. The standard InChI is InChI=1S/C21H25NO2/c1-16(2)24-15-20-10-5-4-9-19(20)14-22-21(23)12-11-18-8-6-7-17(3)13-18/h4-13,16H,14-15H2,1-3H3,(H,22,23)/b12-11+. The largest absolute Gasteiger partial charge is 0.374 e. The van der Waals surface area contributed by atoms with Crippen molar-refractivity contribution in [3.05, 3.63) is 76.9 Å². The van der Waals surface area contributed by atoms with Crippen molar-refractivity contribution in [3.8, 4) is 0 Å². The molecule has 0 fully saturated rings. The molecule has 0 radical (unpaired) electrons. The molecule has 0 aliphatic rings. The smallest absolute Gasteiger partial charge is 0.244 e. The Balaban J connectivity index is 1.92. The van der Waals surface area contributed by atoms with Gasteiger partial charge in [0.2, 0.25) is 5.91 Å². The highest BCUT2D eigenvalue weighted by atomic mass is 16.5. The molecule has 1 N–H and O–H groups in total. The minimum atomic E-state index is -0.101. The zero-order chi connectivity index (χ0) is 17.4. The highest BCUT2D eigenvalue weighted by Crippen LogP contribution is 2.11. The van der Waals surface area contributed by atoms with E-state index in [2.05, 4.69) is 5.32 Å². The van der Waals surface area contributed by atoms with Gasteiger partial charge in [0.25, 0.3) is 0 Å². The fourth-order valence-corrected chi connectivity index (χ4v) is 2.31. The number of hydrogen-bond donors (Lipinski definition) is 1. The number of carbonyl (C=O) groups is 1. The van der Waals surface area contributed by atoms with Gasteiger partial charge in [-0.05, 0) is 43.5 Å². The summed E-state index contributed by atoms with van der Waals surface area (Å²) >= 11 is 0. The molecule has 0 saturated carbocycles. The lowest BCUT2D eigenvalue weighted by Gasteiger charge is -2.12. The SMILES string of the molecule is Cc1cccc(/C=C/C(=O)NCc2ccccc2COC(C)C)c1. The van der Waals surface area contributed by atoms with Crippen LogP contribution in [0, 0.1) is 6.92 Å². The lowest BCUT2D eigenvalue weighted by Crippen LogP contribution is -2.21. The van der Waals surface area contributed by atoms with Crippen molar-refractivity contribution in [2.24, 2.45) is 0 Å². The van der Waals surface area contributed by atoms with Gasteiger partial charge in [-0.25, -0.2) is 0 Å². The Morgan fingerprint density at radius 3 is 2.58 bits per heavy atom. The summed E-state index contributed by atoms with van der Waals surface area (Å²) in [6.07, 6.45) is 3.59. The van der Waals surface area contributed by atoms with E-state index in [0.717, 1.165) is 16.7 Å². The third kappa shape index (κ3) is 6.01. The number of rotatable bonds is 7. The monoisotopic (exact) mass is 323 g/mol. The normalized spacial score (nSPS) is 11.2. The molecule has 0 saturated heterocycles. The first-order chi connectivity index (χ1) is 11.5. The van der Waals surface area contributed by atoms with E-state index in [-0.39, 0.29) is 12.0 Å². The summed E-state index contributed by atoms with van der Waals surface area (Å²) in [5.74, 6) is -0.101. The molecule has 0 aromatic heterocycles. The summed E-state index contributed by atoms with van der Waals surface area (Å²) in [4.78, 5) is 12.0. The van der Waals surface area contributed by atoms with Crippen LogP contribution in [0.15, 0.2) is 54.6 Å². The van der Waals surface area contributed by atoms with Gasteiger partial charge in [0, 0.05) is 12.6 Å². The van der Waals surface area contributed by atoms with Crippen LogP contribution in [0.1, 0.15) is 36.1 Å². The number of amides is 1. The van der Waals surface area contributed by atoms with Crippen LogP contribution in [-0.2, 0) is 22.7 Å². The van der Waals surface area contributed by atoms with Gasteiger partial charge in [0.15, 0.2) is 0 Å². The van der Waals surface area contributed by atoms with Crippen molar-refractivity contribution in [2.75, 3.05) is 0 Å². The zero-order valence-electron chi connectivity index (χ0n) is 14.6. The maximum Gasteiger partial charge on any atom is 0.244 e. The number of aryl methyl sites for hydroxylation is 1. The highest BCUT2D eigenvalue weighted by Gasteiger charge is 2.04. The Morgan fingerprint density at radius 1 is 1.12 bits per heavy atom. The predicted octanol–water partition coefficient (Wildman–Crippen LogP) is 4.25. The zero-order valence-corrected chi connectivity index (χ0v) is 14.6. The second-order valence-corrected chi connectivity index (χ2v) is 6.09. The van der Waals surface area contributed by atoms with E-state index in [1.54, 1.807) is 6.08 Å². The number of benzene rings is 2. The van der Waals surface area contributed by atoms with Crippen molar-refractivity contribution < 1.29 is 9.53 Å². The van der Waals surface area contributed by atoms with E-state index >= 15 is 0 Å². The van der Waals surface area contributed by atoms with Gasteiger partial charge in [-0.1, -0.05) is 54.1 Å². The average Bonchev–Trinajstić information content (AvgIpc) is 2.57. The molecule has 0 aliphatic heterocycles. The molecule has 3 heteroatoms. The summed E-state index contributed by atoms with van der Waals surface area (Å²) in [6, 6.07) is 16.1. The van der Waals surface area contributed by atoms with Gasteiger partial charge in [-0.2, -0.15) is 0 Å². The Bertz CT molecular complexity index is 704. The highest BCUT2D eigenvalue weighted by molar-refractivity contribution is 5.91. The van der Waals surface area contributed by atoms with Crippen molar-refractivity contribution >= 4 is 12.0 Å². The fraction of sp³-hybridized carbons (Fsp3) is 0.286. The van der Waals surface area contributed by atoms with Gasteiger partial charge in [-0.15, -0.1) is 0 Å². The van der Waals surface area contributed by atoms with Crippen LogP contribution in [-0.4, -0.2) is 12.0 Å². The molecule has 0 spiro atoms. The Hall–Kier alpha value is -2.39. The minimum Gasteiger partial charge on any atom is -0.374 e. The molecule has 0 bridgehead atoms. The van der Waals surface area contributed by atoms with Gasteiger partial charge < -0.3 is 10.1 Å². The van der Waals surface area contributed by atoms with E-state index in [1.165, 1.54) is 5.56 Å². The van der Waals surface area contributed by atoms with E-state index in [9.17, 15) is 4.79 Å². The van der Waals surface area contributed by atoms with Crippen LogP contribution in [0.2, 0.25) is 0 Å². The summed E-state index contributed by atoms with van der Waals surface area (Å²) in [5, 5.41) is 2.93. The first kappa shape index (κ1) is 18.0. The summed E-state index contributed by atoms with van der Waals surface area (Å²) in [5.41, 5.74) is 4.39. The molecule has 126 valence electrons. The van der Waals surface area contributed by atoms with E-state index in [1.807, 2.05) is 75.4 Å². The Kier molecular flexibility index (Phi) is 6.76. The number of carbonyl (C=O) groups excluding carboxylic acids is 1. The second-order valence-electron chi connectivity index (χ2n) is 6.09. The van der Waals surface area contributed by atoms with Gasteiger partial charge >= 0.3 is 0 Å². The van der Waals surface area contributed by atoms with Crippen molar-refractivity contribution in [2.45, 2.75) is 40.0 Å². The average molecular weight is 323 g/mol. The van der Waals surface area contributed by atoms with Crippen LogP contribution in [0.4, 0.5) is 0 Å². The third-order valence-corrected chi connectivity index (χ3v) is 3.61. The van der Waals surface area contributed by atoms with Gasteiger partial charge in [0.05, 0.1) is 12.7 Å². The molecular formula is C21H25NO2. The molecule has 2 aromatic rings. The summed E-state index contributed by atoms with van der Waals surface area (Å²) in [7, 11) is 0. The maximum absolute atomic E-state index is 12.0. The molecular weight excluding hydrogens is 298 g/mol. The van der Waals surface area contributed by atoms with E-state index in [4.69, 9.17) is 4.74 Å². The molecule has 24 heavy (non-hydrogen) atoms. The maximum atomic E-state index is 12.0. The lowest BCUT2D eigenvalue weighted by molar-refractivity contribution is -0.116. The van der Waals surface area contributed by atoms with Gasteiger partial charge in [-0.3, -0.25) is 4.79 Å². The first-order valence-corrected chi connectivity index (χ1v) is 8.25. The second kappa shape index (κ2) is 9.04. The molecule has 3 nitrogen and oxygen atoms in total. The van der Waals surface area contributed by atoms with Crippen LogP contribution >= 0.6 is 0 Å². The Labute approximate surface area is 144 Å². The van der Waals surface area contributed by atoms with Crippen LogP contribution < -0.4 is 5.32 Å². The fourth-order valence-electron chi connectivity index (χ4n) is 2.31. The van der Waals surface area contributed by atoms with E-state index in [0.29, 0.717) is 13.2 Å². The number of hydrogen-bond acceptors (Lipinski definition) is 2. The van der Waals surface area contributed by atoms with Crippen LogP contribution in [0.5, 0.6) is 0 Å². The molecule has 0 unspecified atom stereocenters. The quantitative estimate of drug-likeness (QED) is 0.774. The predicted molar refractivity (Wildman–Crippen MR) is 98.4 cm³/mol. The summed E-state index contributed by atoms with van der Waals surface area (Å²) < 4.78 is 5.67. The van der Waals surface area contributed by atoms with E-state index < -0.39 is 0 Å². The molecule has 1 amide bonds. The molecule has 2 rings (SSSR count). The van der Waals surface area contributed by atoms with Crippen molar-refractivity contribution in [3.63, 3.8) is 0 Å². The summed E-state index contributed by atoms with van der Waals surface area (Å²) in [6.45, 7) is 7.12. The number of nitrogens with one attached hydrogen (secondary N) is 1. The van der Waals surface area contributed by atoms with Crippen LogP contribution in [0.25, 0.3) is 6.08 Å².